The molecule has 1 aromatic heterocycles. The van der Waals surface area contributed by atoms with Gasteiger partial charge in [0.05, 0.1) is 19.0 Å². The molecule has 0 spiro atoms. The molecule has 2 N–H and O–H groups in total. The van der Waals surface area contributed by atoms with Gasteiger partial charge in [-0.15, -0.1) is 0 Å². The van der Waals surface area contributed by atoms with Crippen LogP contribution in [0.4, 0.5) is 11.5 Å². The predicted molar refractivity (Wildman–Crippen MR) is 90.9 cm³/mol. The summed E-state index contributed by atoms with van der Waals surface area (Å²) in [7, 11) is 1.63. The highest BCUT2D eigenvalue weighted by Gasteiger charge is 2.09. The van der Waals surface area contributed by atoms with Gasteiger partial charge in [-0.2, -0.15) is 0 Å². The van der Waals surface area contributed by atoms with Crippen molar-refractivity contribution in [3.63, 3.8) is 0 Å². The Morgan fingerprint density at radius 1 is 1.17 bits per heavy atom. The Morgan fingerprint density at radius 2 is 1.91 bits per heavy atom. The number of carbonyl (C=O) groups excluding carboxylic acids is 1. The van der Waals surface area contributed by atoms with Gasteiger partial charge in [-0.05, 0) is 23.6 Å². The van der Waals surface area contributed by atoms with Crippen LogP contribution >= 0.6 is 0 Å². The molecule has 6 nitrogen and oxygen atoms in total. The summed E-state index contributed by atoms with van der Waals surface area (Å²) in [4.78, 5) is 20.4. The molecule has 0 atom stereocenters. The second-order valence-corrected chi connectivity index (χ2v) is 5.44. The maximum atomic E-state index is 12.2. The van der Waals surface area contributed by atoms with E-state index in [-0.39, 0.29) is 11.6 Å². The van der Waals surface area contributed by atoms with Crippen LogP contribution in [-0.2, 0) is 4.74 Å². The second-order valence-electron chi connectivity index (χ2n) is 5.44. The lowest BCUT2D eigenvalue weighted by molar-refractivity contribution is 0.102. The Morgan fingerprint density at radius 3 is 2.48 bits per heavy atom. The van der Waals surface area contributed by atoms with Gasteiger partial charge in [0.2, 0.25) is 0 Å². The van der Waals surface area contributed by atoms with E-state index in [2.05, 4.69) is 34.4 Å². The first-order chi connectivity index (χ1) is 11.1. The molecular weight excluding hydrogens is 292 g/mol. The van der Waals surface area contributed by atoms with Crippen LogP contribution in [0.3, 0.4) is 0 Å². The average Bonchev–Trinajstić information content (AvgIpc) is 2.56. The maximum Gasteiger partial charge on any atom is 0.275 e. The molecule has 0 bridgehead atoms. The molecule has 23 heavy (non-hydrogen) atoms. The van der Waals surface area contributed by atoms with Gasteiger partial charge in [0.1, 0.15) is 11.5 Å². The minimum atomic E-state index is -0.279. The van der Waals surface area contributed by atoms with Crippen LogP contribution in [0.15, 0.2) is 36.7 Å². The first-order valence-electron chi connectivity index (χ1n) is 7.56. The topological polar surface area (TPSA) is 76.1 Å². The number of hydrogen-bond donors (Lipinski definition) is 2. The number of rotatable bonds is 7. The van der Waals surface area contributed by atoms with Crippen LogP contribution < -0.4 is 10.6 Å². The number of ether oxygens (including phenoxy) is 1. The number of hydrogen-bond acceptors (Lipinski definition) is 5. The van der Waals surface area contributed by atoms with E-state index in [1.807, 2.05) is 24.3 Å². The molecule has 2 aromatic rings. The maximum absolute atomic E-state index is 12.2. The van der Waals surface area contributed by atoms with Gasteiger partial charge in [-0.1, -0.05) is 26.0 Å². The number of carbonyl (C=O) groups is 1. The fourth-order valence-electron chi connectivity index (χ4n) is 1.96. The summed E-state index contributed by atoms with van der Waals surface area (Å²) < 4.78 is 4.94. The van der Waals surface area contributed by atoms with E-state index >= 15 is 0 Å². The molecule has 0 saturated carbocycles. The largest absolute Gasteiger partial charge is 0.383 e. The van der Waals surface area contributed by atoms with Crippen molar-refractivity contribution in [2.24, 2.45) is 0 Å². The standard InChI is InChI=1S/C17H22N4O2/c1-12(2)13-4-6-14(7-5-13)21-17(22)15-10-20-16(11-19-15)18-8-9-23-3/h4-7,10-12H,8-9H2,1-3H3,(H,18,20)(H,21,22). The summed E-state index contributed by atoms with van der Waals surface area (Å²) in [6.45, 7) is 5.48. The van der Waals surface area contributed by atoms with E-state index in [0.717, 1.165) is 5.69 Å². The Hall–Kier alpha value is -2.47. The van der Waals surface area contributed by atoms with Gasteiger partial charge in [0.15, 0.2) is 0 Å². The van der Waals surface area contributed by atoms with Crippen LogP contribution in [0.5, 0.6) is 0 Å². The lowest BCUT2D eigenvalue weighted by Crippen LogP contribution is -2.15. The number of nitrogens with zero attached hydrogens (tertiary/aromatic N) is 2. The summed E-state index contributed by atoms with van der Waals surface area (Å²) in [6.07, 6.45) is 2.99. The molecule has 6 heteroatoms. The van der Waals surface area contributed by atoms with Gasteiger partial charge in [-0.3, -0.25) is 4.79 Å². The zero-order valence-electron chi connectivity index (χ0n) is 13.7. The van der Waals surface area contributed by atoms with Crippen molar-refractivity contribution in [2.75, 3.05) is 30.9 Å². The third kappa shape index (κ3) is 5.03. The first kappa shape index (κ1) is 16.9. The molecule has 0 saturated heterocycles. The SMILES string of the molecule is COCCNc1cnc(C(=O)Nc2ccc(C(C)C)cc2)cn1. The van der Waals surface area contributed by atoms with E-state index < -0.39 is 0 Å². The van der Waals surface area contributed by atoms with Crippen molar-refractivity contribution in [1.82, 2.24) is 9.97 Å². The number of aromatic nitrogens is 2. The van der Waals surface area contributed by atoms with Crippen molar-refractivity contribution in [1.29, 1.82) is 0 Å². The van der Waals surface area contributed by atoms with Crippen LogP contribution in [0.2, 0.25) is 0 Å². The minimum Gasteiger partial charge on any atom is -0.383 e. The van der Waals surface area contributed by atoms with Gasteiger partial charge >= 0.3 is 0 Å². The van der Waals surface area contributed by atoms with Gasteiger partial charge in [0, 0.05) is 19.3 Å². The monoisotopic (exact) mass is 314 g/mol. The Bertz CT molecular complexity index is 624. The smallest absolute Gasteiger partial charge is 0.275 e. The van der Waals surface area contributed by atoms with Crippen LogP contribution in [-0.4, -0.2) is 36.1 Å². The summed E-state index contributed by atoms with van der Waals surface area (Å²) in [5.41, 5.74) is 2.24. The molecule has 122 valence electrons. The molecule has 1 amide bonds. The van der Waals surface area contributed by atoms with E-state index in [4.69, 9.17) is 4.74 Å². The highest BCUT2D eigenvalue weighted by atomic mass is 16.5. The Balaban J connectivity index is 1.94. The zero-order valence-corrected chi connectivity index (χ0v) is 13.7. The molecule has 0 radical (unpaired) electrons. The lowest BCUT2D eigenvalue weighted by atomic mass is 10.0. The van der Waals surface area contributed by atoms with Crippen molar-refractivity contribution >= 4 is 17.4 Å². The predicted octanol–water partition coefficient (Wildman–Crippen LogP) is 2.91. The van der Waals surface area contributed by atoms with Crippen molar-refractivity contribution in [3.8, 4) is 0 Å². The van der Waals surface area contributed by atoms with E-state index in [0.29, 0.717) is 24.9 Å². The quantitative estimate of drug-likeness (QED) is 0.769. The van der Waals surface area contributed by atoms with Gasteiger partial charge in [-0.25, -0.2) is 9.97 Å². The zero-order chi connectivity index (χ0) is 16.7. The van der Waals surface area contributed by atoms with Crippen molar-refractivity contribution in [3.05, 3.63) is 47.9 Å². The average molecular weight is 314 g/mol. The molecular formula is C17H22N4O2. The fourth-order valence-corrected chi connectivity index (χ4v) is 1.96. The normalized spacial score (nSPS) is 10.6. The number of anilines is 2. The fraction of sp³-hybridized carbons (Fsp3) is 0.353. The number of benzene rings is 1. The molecule has 1 heterocycles. The summed E-state index contributed by atoms with van der Waals surface area (Å²) >= 11 is 0. The number of amides is 1. The molecule has 0 unspecified atom stereocenters. The third-order valence-electron chi connectivity index (χ3n) is 3.33. The summed E-state index contributed by atoms with van der Waals surface area (Å²) in [5.74, 6) is 0.793. The highest BCUT2D eigenvalue weighted by Crippen LogP contribution is 2.17. The first-order valence-corrected chi connectivity index (χ1v) is 7.56. The van der Waals surface area contributed by atoms with E-state index in [1.165, 1.54) is 18.0 Å². The Kier molecular flexibility index (Phi) is 6.05. The van der Waals surface area contributed by atoms with Crippen LogP contribution in [0.1, 0.15) is 35.8 Å². The number of nitrogens with one attached hydrogen (secondary N) is 2. The lowest BCUT2D eigenvalue weighted by Gasteiger charge is -2.08. The van der Waals surface area contributed by atoms with Gasteiger partial charge in [0.25, 0.3) is 5.91 Å². The molecule has 0 aliphatic heterocycles. The highest BCUT2D eigenvalue weighted by molar-refractivity contribution is 6.02. The molecule has 0 aliphatic rings. The van der Waals surface area contributed by atoms with Crippen molar-refractivity contribution in [2.45, 2.75) is 19.8 Å². The molecule has 0 aliphatic carbocycles. The second kappa shape index (κ2) is 8.24. The summed E-state index contributed by atoms with van der Waals surface area (Å²) in [5, 5.41) is 5.86. The van der Waals surface area contributed by atoms with E-state index in [9.17, 15) is 4.79 Å². The van der Waals surface area contributed by atoms with Crippen LogP contribution in [0, 0.1) is 0 Å². The summed E-state index contributed by atoms with van der Waals surface area (Å²) in [6, 6.07) is 7.80. The molecule has 2 rings (SSSR count). The van der Waals surface area contributed by atoms with Gasteiger partial charge < -0.3 is 15.4 Å². The van der Waals surface area contributed by atoms with Crippen LogP contribution in [0.25, 0.3) is 0 Å². The Labute approximate surface area is 136 Å². The third-order valence-corrected chi connectivity index (χ3v) is 3.33. The minimum absolute atomic E-state index is 0.273. The molecule has 0 fully saturated rings. The van der Waals surface area contributed by atoms with E-state index in [1.54, 1.807) is 7.11 Å². The van der Waals surface area contributed by atoms with Crippen molar-refractivity contribution < 1.29 is 9.53 Å². The molecule has 1 aromatic carbocycles. The number of methoxy groups -OCH3 is 1.